The SMILES string of the molecule is CCCCc1cc2c3c(c1)c1ccccc1n3B1c3cc4c(cc3N(c3ccc5c(c3)-c3ccccc3C5(C)C)c3c1c-2cc1c3oc2ccccc21)-c1ccccc1C4(C)C. The number of unbranched alkanes of at least 4 members (excludes halogenated alkanes) is 1. The van der Waals surface area contributed by atoms with Gasteiger partial charge in [-0.15, -0.1) is 0 Å². The Morgan fingerprint density at radius 3 is 2.02 bits per heavy atom. The second kappa shape index (κ2) is 11.8. The molecule has 2 aliphatic carbocycles. The summed E-state index contributed by atoms with van der Waals surface area (Å²) in [6.07, 6.45) is 3.39. The summed E-state index contributed by atoms with van der Waals surface area (Å²) in [7, 11) is 0. The molecule has 14 rings (SSSR count). The van der Waals surface area contributed by atoms with Crippen LogP contribution in [0.4, 0.5) is 17.1 Å². The van der Waals surface area contributed by atoms with Gasteiger partial charge in [0.25, 0.3) is 0 Å². The quantitative estimate of drug-likeness (QED) is 0.165. The van der Waals surface area contributed by atoms with E-state index in [0.29, 0.717) is 0 Å². The first-order valence-corrected chi connectivity index (χ1v) is 22.6. The topological polar surface area (TPSA) is 21.3 Å². The van der Waals surface area contributed by atoms with Crippen LogP contribution in [-0.2, 0) is 17.3 Å². The van der Waals surface area contributed by atoms with Crippen LogP contribution in [0.3, 0.4) is 0 Å². The van der Waals surface area contributed by atoms with Crippen molar-refractivity contribution in [2.24, 2.45) is 0 Å². The van der Waals surface area contributed by atoms with Crippen molar-refractivity contribution < 1.29 is 4.42 Å². The predicted molar refractivity (Wildman–Crippen MR) is 261 cm³/mol. The second-order valence-electron chi connectivity index (χ2n) is 19.5. The van der Waals surface area contributed by atoms with Crippen LogP contribution in [0.2, 0.25) is 0 Å². The zero-order valence-electron chi connectivity index (χ0n) is 35.9. The Kier molecular flexibility index (Phi) is 6.62. The van der Waals surface area contributed by atoms with Crippen molar-refractivity contribution in [3.8, 4) is 33.4 Å². The zero-order chi connectivity index (χ0) is 41.4. The lowest BCUT2D eigenvalue weighted by molar-refractivity contribution is 0.660. The number of aryl methyl sites for hydroxylation is 1. The number of benzene rings is 8. The minimum atomic E-state index is -0.157. The predicted octanol–water partition coefficient (Wildman–Crippen LogP) is 14.1. The van der Waals surface area contributed by atoms with Crippen LogP contribution in [0.15, 0.2) is 150 Å². The molecule has 0 atom stereocenters. The van der Waals surface area contributed by atoms with Crippen LogP contribution in [0.1, 0.15) is 75.3 Å². The number of rotatable bonds is 4. The van der Waals surface area contributed by atoms with Crippen LogP contribution >= 0.6 is 0 Å². The maximum absolute atomic E-state index is 7.21. The van der Waals surface area contributed by atoms with Crippen molar-refractivity contribution in [2.45, 2.75) is 64.7 Å². The van der Waals surface area contributed by atoms with E-state index >= 15 is 0 Å². The Morgan fingerprint density at radius 1 is 0.548 bits per heavy atom. The van der Waals surface area contributed by atoms with Crippen molar-refractivity contribution >= 4 is 78.6 Å². The molecule has 4 heterocycles. The maximum atomic E-state index is 7.21. The monoisotopic (exact) mass is 796 g/mol. The standard InChI is InChI=1S/C58H45BN2O/c1-6-7-16-33-27-42-37-19-10-14-23-50(37)61-54(42)43(28-33)41-30-44-38-20-11-15-24-52(38)62-56(44)55-53(41)59(61)49-32-48-40(36-18-9-13-22-46(36)58(48,4)5)31-51(49)60(55)34-25-26-47-39(29-34)35-17-8-12-21-45(35)57(47,2)3/h8-15,17-32H,6-7,16H2,1-5H3. The number of hydrogen-bond acceptors (Lipinski definition) is 2. The number of fused-ring (bicyclic) bond motifs is 17. The number of hydrogen-bond donors (Lipinski definition) is 0. The van der Waals surface area contributed by atoms with Crippen molar-refractivity contribution in [3.05, 3.63) is 173 Å². The third-order valence-electron chi connectivity index (χ3n) is 15.5. The number of para-hydroxylation sites is 2. The molecule has 62 heavy (non-hydrogen) atoms. The average molecular weight is 797 g/mol. The van der Waals surface area contributed by atoms with Gasteiger partial charge in [-0.2, -0.15) is 0 Å². The van der Waals surface area contributed by atoms with Gasteiger partial charge in [0.1, 0.15) is 5.58 Å². The van der Waals surface area contributed by atoms with Gasteiger partial charge >= 0.3 is 6.85 Å². The highest BCUT2D eigenvalue weighted by atomic mass is 16.3. The fourth-order valence-electron chi connectivity index (χ4n) is 12.6. The maximum Gasteiger partial charge on any atom is 0.333 e. The van der Waals surface area contributed by atoms with Crippen LogP contribution in [0.25, 0.3) is 77.1 Å². The van der Waals surface area contributed by atoms with Crippen molar-refractivity contribution in [3.63, 3.8) is 0 Å². The van der Waals surface area contributed by atoms with Gasteiger partial charge in [0.15, 0.2) is 5.58 Å². The molecule has 0 saturated heterocycles. The normalized spacial score (nSPS) is 15.6. The van der Waals surface area contributed by atoms with Crippen molar-refractivity contribution in [1.82, 2.24) is 4.48 Å². The van der Waals surface area contributed by atoms with E-state index in [1.807, 2.05) is 0 Å². The Labute approximate surface area is 362 Å². The van der Waals surface area contributed by atoms with E-state index < -0.39 is 0 Å². The third-order valence-corrected chi connectivity index (χ3v) is 15.5. The lowest BCUT2D eigenvalue weighted by atomic mass is 9.44. The molecule has 0 N–H and O–H groups in total. The fraction of sp³-hybridized carbons (Fsp3) is 0.172. The van der Waals surface area contributed by atoms with Gasteiger partial charge in [-0.3, -0.25) is 0 Å². The Hall–Kier alpha value is -6.78. The summed E-state index contributed by atoms with van der Waals surface area (Å²) < 4.78 is 9.92. The van der Waals surface area contributed by atoms with E-state index in [-0.39, 0.29) is 17.7 Å². The summed E-state index contributed by atoms with van der Waals surface area (Å²) in [5.41, 5.74) is 25.3. The van der Waals surface area contributed by atoms with Crippen LogP contribution < -0.4 is 15.8 Å². The lowest BCUT2D eigenvalue weighted by Crippen LogP contribution is -2.57. The summed E-state index contributed by atoms with van der Waals surface area (Å²) in [6.45, 7) is 11.8. The minimum Gasteiger partial charge on any atom is -0.454 e. The molecule has 4 heteroatoms. The molecule has 0 radical (unpaired) electrons. The van der Waals surface area contributed by atoms with Crippen molar-refractivity contribution in [2.75, 3.05) is 4.90 Å². The third kappa shape index (κ3) is 4.19. The zero-order valence-corrected chi connectivity index (χ0v) is 35.9. The van der Waals surface area contributed by atoms with Gasteiger partial charge in [-0.05, 0) is 128 Å². The van der Waals surface area contributed by atoms with E-state index in [4.69, 9.17) is 4.42 Å². The average Bonchev–Trinajstić information content (AvgIpc) is 3.97. The van der Waals surface area contributed by atoms with Crippen LogP contribution in [0.5, 0.6) is 0 Å². The van der Waals surface area contributed by atoms with Gasteiger partial charge in [-0.25, -0.2) is 0 Å². The first-order chi connectivity index (χ1) is 30.2. The molecule has 3 nitrogen and oxygen atoms in total. The Balaban J connectivity index is 1.18. The van der Waals surface area contributed by atoms with Crippen molar-refractivity contribution in [1.29, 1.82) is 0 Å². The highest BCUT2D eigenvalue weighted by molar-refractivity contribution is 6.90. The molecular weight excluding hydrogens is 751 g/mol. The summed E-state index contributed by atoms with van der Waals surface area (Å²) >= 11 is 0. The minimum absolute atomic E-state index is 0.0841. The molecule has 0 unspecified atom stereocenters. The molecule has 0 fully saturated rings. The van der Waals surface area contributed by atoms with Crippen LogP contribution in [0, 0.1) is 0 Å². The molecule has 0 saturated carbocycles. The smallest absolute Gasteiger partial charge is 0.333 e. The van der Waals surface area contributed by atoms with E-state index in [0.717, 1.165) is 40.8 Å². The number of aromatic nitrogens is 1. The van der Waals surface area contributed by atoms with Crippen LogP contribution in [-0.4, -0.2) is 11.3 Å². The largest absolute Gasteiger partial charge is 0.454 e. The van der Waals surface area contributed by atoms with Gasteiger partial charge in [0.05, 0.1) is 5.69 Å². The molecule has 0 spiro atoms. The second-order valence-corrected chi connectivity index (χ2v) is 19.5. The molecule has 2 aliphatic heterocycles. The number of anilines is 3. The molecule has 0 bridgehead atoms. The number of furan rings is 1. The van der Waals surface area contributed by atoms with Gasteiger partial charge < -0.3 is 13.8 Å². The highest BCUT2D eigenvalue weighted by Crippen LogP contribution is 2.56. The number of nitrogens with zero attached hydrogens (tertiary/aromatic N) is 2. The molecule has 8 aromatic carbocycles. The molecular formula is C58H45BN2O. The van der Waals surface area contributed by atoms with E-state index in [1.165, 1.54) is 111 Å². The first-order valence-electron chi connectivity index (χ1n) is 22.6. The Bertz CT molecular complexity index is 3650. The molecule has 10 aromatic rings. The molecule has 4 aliphatic rings. The summed E-state index contributed by atoms with van der Waals surface area (Å²) in [6, 6.07) is 55.8. The van der Waals surface area contributed by atoms with E-state index in [1.54, 1.807) is 0 Å². The lowest BCUT2D eigenvalue weighted by Gasteiger charge is -2.41. The molecule has 296 valence electrons. The van der Waals surface area contributed by atoms with Gasteiger partial charge in [0.2, 0.25) is 0 Å². The van der Waals surface area contributed by atoms with E-state index in [2.05, 4.69) is 190 Å². The first kappa shape index (κ1) is 34.9. The molecule has 2 aromatic heterocycles. The fourth-order valence-corrected chi connectivity index (χ4v) is 12.6. The van der Waals surface area contributed by atoms with Gasteiger partial charge in [0, 0.05) is 60.3 Å². The van der Waals surface area contributed by atoms with Gasteiger partial charge in [-0.1, -0.05) is 138 Å². The summed E-state index contributed by atoms with van der Waals surface area (Å²) in [4.78, 5) is 2.60. The highest BCUT2D eigenvalue weighted by Gasteiger charge is 2.47. The summed E-state index contributed by atoms with van der Waals surface area (Å²) in [5.74, 6) is 0. The van der Waals surface area contributed by atoms with E-state index in [9.17, 15) is 0 Å². The summed E-state index contributed by atoms with van der Waals surface area (Å²) in [5, 5.41) is 5.00. The Morgan fingerprint density at radius 2 is 1.23 bits per heavy atom. The molecule has 0 amide bonds.